The number of furan rings is 1. The van der Waals surface area contributed by atoms with Gasteiger partial charge in [0.25, 0.3) is 0 Å². The number of hydrogen-bond donors (Lipinski definition) is 2. The van der Waals surface area contributed by atoms with Crippen LogP contribution in [0, 0.1) is 0 Å². The number of nitrogens with one attached hydrogen (secondary N) is 1. The first kappa shape index (κ1) is 24.8. The monoisotopic (exact) mass is 508 g/mol. The van der Waals surface area contributed by atoms with Crippen molar-refractivity contribution in [3.05, 3.63) is 36.7 Å². The summed E-state index contributed by atoms with van der Waals surface area (Å²) in [7, 11) is 0. The molecule has 0 spiro atoms. The molecule has 1 amide bonds. The molecule has 0 atom stereocenters. The second-order valence-electron chi connectivity index (χ2n) is 10.1. The van der Waals surface area contributed by atoms with Crippen LogP contribution in [0.3, 0.4) is 0 Å². The molecule has 2 N–H and O–H groups in total. The lowest BCUT2D eigenvalue weighted by Crippen LogP contribution is -2.48. The van der Waals surface area contributed by atoms with Crippen molar-refractivity contribution in [3.8, 4) is 17.3 Å². The number of imidazole rings is 1. The SMILES string of the molecule is CCN(CCOC(C)(C)C)c1nccc2oc(-c3cnc4ccc(O[C@H]5C[C@H](NC(=O)O)C5)nn34)cc12. The summed E-state index contributed by atoms with van der Waals surface area (Å²) in [4.78, 5) is 22.1. The van der Waals surface area contributed by atoms with Crippen molar-refractivity contribution in [2.75, 3.05) is 24.6 Å². The van der Waals surface area contributed by atoms with Crippen molar-refractivity contribution in [2.45, 2.75) is 58.3 Å². The van der Waals surface area contributed by atoms with Gasteiger partial charge in [0.2, 0.25) is 5.88 Å². The fourth-order valence-electron chi connectivity index (χ4n) is 4.42. The summed E-state index contributed by atoms with van der Waals surface area (Å²) in [5.74, 6) is 1.91. The lowest BCUT2D eigenvalue weighted by atomic mass is 9.89. The Morgan fingerprint density at radius 3 is 2.81 bits per heavy atom. The molecule has 0 aromatic carbocycles. The van der Waals surface area contributed by atoms with Gasteiger partial charge in [-0.3, -0.25) is 0 Å². The second-order valence-corrected chi connectivity index (χ2v) is 10.1. The quantitative estimate of drug-likeness (QED) is 0.339. The van der Waals surface area contributed by atoms with Crippen LogP contribution < -0.4 is 15.0 Å². The average molecular weight is 509 g/mol. The van der Waals surface area contributed by atoms with Crippen LogP contribution in [0.15, 0.2) is 41.1 Å². The molecule has 4 heterocycles. The van der Waals surface area contributed by atoms with E-state index in [4.69, 9.17) is 19.0 Å². The number of fused-ring (bicyclic) bond motifs is 2. The third-order valence-electron chi connectivity index (χ3n) is 6.30. The molecule has 1 aliphatic carbocycles. The van der Waals surface area contributed by atoms with Gasteiger partial charge >= 0.3 is 6.09 Å². The molecular weight excluding hydrogens is 476 g/mol. The van der Waals surface area contributed by atoms with Gasteiger partial charge in [0.15, 0.2) is 11.4 Å². The first-order valence-corrected chi connectivity index (χ1v) is 12.5. The Labute approximate surface area is 214 Å². The number of anilines is 1. The van der Waals surface area contributed by atoms with Crippen LogP contribution in [0.1, 0.15) is 40.5 Å². The van der Waals surface area contributed by atoms with E-state index in [0.717, 1.165) is 23.3 Å². The number of hydrogen-bond acceptors (Lipinski definition) is 8. The predicted molar refractivity (Wildman–Crippen MR) is 138 cm³/mol. The van der Waals surface area contributed by atoms with Crippen molar-refractivity contribution in [1.29, 1.82) is 0 Å². The molecule has 1 fully saturated rings. The number of ether oxygens (including phenoxy) is 2. The molecule has 4 aromatic heterocycles. The number of nitrogens with zero attached hydrogens (tertiary/aromatic N) is 5. The van der Waals surface area contributed by atoms with E-state index in [9.17, 15) is 4.79 Å². The molecule has 1 saturated carbocycles. The van der Waals surface area contributed by atoms with Crippen molar-refractivity contribution in [2.24, 2.45) is 0 Å². The van der Waals surface area contributed by atoms with Gasteiger partial charge in [-0.25, -0.2) is 19.3 Å². The summed E-state index contributed by atoms with van der Waals surface area (Å²) in [6, 6.07) is 7.34. The van der Waals surface area contributed by atoms with Crippen LogP contribution in [0.5, 0.6) is 5.88 Å². The molecule has 11 heteroatoms. The topological polar surface area (TPSA) is 127 Å². The van der Waals surface area contributed by atoms with E-state index in [1.54, 1.807) is 23.0 Å². The smallest absolute Gasteiger partial charge is 0.404 e. The summed E-state index contributed by atoms with van der Waals surface area (Å²) in [6.07, 6.45) is 3.59. The number of rotatable bonds is 9. The summed E-state index contributed by atoms with van der Waals surface area (Å²) < 4.78 is 19.8. The van der Waals surface area contributed by atoms with Crippen molar-refractivity contribution < 1.29 is 23.8 Å². The molecule has 1 aliphatic rings. The standard InChI is InChI=1S/C26H32N6O5/c1-5-31(10-11-35-26(2,3)4)24-18-14-21(37-20(18)8-9-27-24)19-15-28-22-6-7-23(30-32(19)22)36-17-12-16(13-17)29-25(33)34/h6-9,14-17,29H,5,10-13H2,1-4H3,(H,33,34)/t16-,17-. The Bertz CT molecular complexity index is 1400. The molecule has 196 valence electrons. The number of pyridine rings is 1. The lowest BCUT2D eigenvalue weighted by Gasteiger charge is -2.34. The maximum atomic E-state index is 10.8. The third-order valence-corrected chi connectivity index (χ3v) is 6.30. The van der Waals surface area contributed by atoms with Crippen molar-refractivity contribution in [3.63, 3.8) is 0 Å². The minimum atomic E-state index is -1.02. The Hall–Kier alpha value is -3.86. The number of carbonyl (C=O) groups is 1. The van der Waals surface area contributed by atoms with Crippen LogP contribution in [-0.4, -0.2) is 68.2 Å². The minimum Gasteiger partial charge on any atom is -0.473 e. The minimum absolute atomic E-state index is 0.0869. The molecule has 0 bridgehead atoms. The van der Waals surface area contributed by atoms with E-state index in [1.807, 2.05) is 39.0 Å². The molecule has 37 heavy (non-hydrogen) atoms. The summed E-state index contributed by atoms with van der Waals surface area (Å²) in [5, 5.41) is 16.8. The van der Waals surface area contributed by atoms with Gasteiger partial charge in [-0.1, -0.05) is 0 Å². The Morgan fingerprint density at radius 2 is 2.08 bits per heavy atom. The maximum Gasteiger partial charge on any atom is 0.404 e. The Balaban J connectivity index is 1.38. The van der Waals surface area contributed by atoms with Gasteiger partial charge in [0, 0.05) is 44.2 Å². The van der Waals surface area contributed by atoms with E-state index < -0.39 is 6.09 Å². The number of aromatic nitrogens is 4. The van der Waals surface area contributed by atoms with Gasteiger partial charge in [-0.15, -0.1) is 5.10 Å². The average Bonchev–Trinajstić information content (AvgIpc) is 3.43. The lowest BCUT2D eigenvalue weighted by molar-refractivity contribution is 0.00138. The summed E-state index contributed by atoms with van der Waals surface area (Å²) in [6.45, 7) is 10.3. The highest BCUT2D eigenvalue weighted by atomic mass is 16.5. The van der Waals surface area contributed by atoms with Crippen molar-refractivity contribution in [1.82, 2.24) is 24.9 Å². The maximum absolute atomic E-state index is 10.8. The molecule has 11 nitrogen and oxygen atoms in total. The molecule has 0 unspecified atom stereocenters. The zero-order valence-electron chi connectivity index (χ0n) is 21.5. The van der Waals surface area contributed by atoms with Crippen LogP contribution >= 0.6 is 0 Å². The fraction of sp³-hybridized carbons (Fsp3) is 0.462. The molecular formula is C26H32N6O5. The van der Waals surface area contributed by atoms with Gasteiger partial charge in [-0.05, 0) is 45.9 Å². The fourth-order valence-corrected chi connectivity index (χ4v) is 4.42. The van der Waals surface area contributed by atoms with E-state index >= 15 is 0 Å². The Kier molecular flexibility index (Phi) is 6.63. The number of likely N-dealkylation sites (N-methyl/N-ethyl adjacent to an activating group) is 1. The van der Waals surface area contributed by atoms with Crippen LogP contribution in [-0.2, 0) is 4.74 Å². The third kappa shape index (κ3) is 5.46. The molecule has 0 radical (unpaired) electrons. The molecule has 5 rings (SSSR count). The van der Waals surface area contributed by atoms with E-state index in [0.29, 0.717) is 49.0 Å². The van der Waals surface area contributed by atoms with Gasteiger partial charge < -0.3 is 29.2 Å². The zero-order chi connectivity index (χ0) is 26.2. The first-order chi connectivity index (χ1) is 17.7. The predicted octanol–water partition coefficient (Wildman–Crippen LogP) is 4.36. The van der Waals surface area contributed by atoms with Crippen LogP contribution in [0.25, 0.3) is 28.1 Å². The Morgan fingerprint density at radius 1 is 1.27 bits per heavy atom. The van der Waals surface area contributed by atoms with Crippen molar-refractivity contribution >= 4 is 28.5 Å². The van der Waals surface area contributed by atoms with E-state index in [1.165, 1.54) is 0 Å². The number of carboxylic acid groups (broad SMARTS) is 1. The highest BCUT2D eigenvalue weighted by Crippen LogP contribution is 2.33. The van der Waals surface area contributed by atoms with Gasteiger partial charge in [0.1, 0.15) is 23.2 Å². The largest absolute Gasteiger partial charge is 0.473 e. The molecule has 4 aromatic rings. The summed E-state index contributed by atoms with van der Waals surface area (Å²) >= 11 is 0. The zero-order valence-corrected chi connectivity index (χ0v) is 21.5. The van der Waals surface area contributed by atoms with Crippen LogP contribution in [0.4, 0.5) is 10.6 Å². The second kappa shape index (κ2) is 9.89. The van der Waals surface area contributed by atoms with E-state index in [2.05, 4.69) is 32.2 Å². The highest BCUT2D eigenvalue weighted by molar-refractivity contribution is 5.91. The van der Waals surface area contributed by atoms with Crippen LogP contribution in [0.2, 0.25) is 0 Å². The molecule has 0 aliphatic heterocycles. The number of amides is 1. The van der Waals surface area contributed by atoms with Gasteiger partial charge in [-0.2, -0.15) is 0 Å². The normalized spacial score (nSPS) is 17.6. The highest BCUT2D eigenvalue weighted by Gasteiger charge is 2.32. The summed E-state index contributed by atoms with van der Waals surface area (Å²) in [5.41, 5.74) is 1.88. The van der Waals surface area contributed by atoms with E-state index in [-0.39, 0.29) is 17.7 Å². The molecule has 0 saturated heterocycles. The first-order valence-electron chi connectivity index (χ1n) is 12.5. The van der Waals surface area contributed by atoms with Gasteiger partial charge in [0.05, 0.1) is 23.8 Å².